The van der Waals surface area contributed by atoms with E-state index < -0.39 is 0 Å². The molecule has 0 radical (unpaired) electrons. The summed E-state index contributed by atoms with van der Waals surface area (Å²) in [5, 5.41) is 2.85. The molecule has 1 aromatic rings. The third-order valence-corrected chi connectivity index (χ3v) is 3.23. The molecule has 1 aliphatic heterocycles. The zero-order valence-corrected chi connectivity index (χ0v) is 12.1. The number of carbonyl (C=O) groups is 1. The first-order valence-corrected chi connectivity index (χ1v) is 7.06. The minimum atomic E-state index is -0.0512. The summed E-state index contributed by atoms with van der Waals surface area (Å²) in [6, 6.07) is 3.99. The van der Waals surface area contributed by atoms with Crippen molar-refractivity contribution in [2.24, 2.45) is 5.73 Å². The first-order valence-electron chi connectivity index (χ1n) is 7.06. The number of nitrogens with one attached hydrogen (secondary N) is 1. The van der Waals surface area contributed by atoms with Crippen LogP contribution in [0.5, 0.6) is 11.5 Å². The van der Waals surface area contributed by atoms with Crippen molar-refractivity contribution in [1.82, 2.24) is 5.32 Å². The van der Waals surface area contributed by atoms with Gasteiger partial charge >= 0.3 is 0 Å². The molecule has 110 valence electrons. The number of amides is 1. The van der Waals surface area contributed by atoms with Crippen LogP contribution in [-0.2, 0) is 17.8 Å². The molecule has 1 heterocycles. The molecule has 1 unspecified atom stereocenters. The van der Waals surface area contributed by atoms with E-state index in [-0.39, 0.29) is 12.0 Å². The van der Waals surface area contributed by atoms with Gasteiger partial charge in [-0.25, -0.2) is 0 Å². The molecule has 1 amide bonds. The van der Waals surface area contributed by atoms with Crippen molar-refractivity contribution >= 4 is 5.91 Å². The molecule has 0 saturated carbocycles. The largest absolute Gasteiger partial charge is 0.494 e. The number of hydrogen-bond donors (Lipinski definition) is 2. The van der Waals surface area contributed by atoms with E-state index in [1.165, 1.54) is 0 Å². The molecule has 1 aliphatic rings. The van der Waals surface area contributed by atoms with Crippen molar-refractivity contribution in [2.75, 3.05) is 13.2 Å². The normalized spacial score (nSPS) is 16.4. The van der Waals surface area contributed by atoms with E-state index in [1.54, 1.807) is 0 Å². The summed E-state index contributed by atoms with van der Waals surface area (Å²) in [7, 11) is 0. The monoisotopic (exact) mass is 278 g/mol. The van der Waals surface area contributed by atoms with Gasteiger partial charge in [-0.3, -0.25) is 4.79 Å². The van der Waals surface area contributed by atoms with Crippen molar-refractivity contribution < 1.29 is 14.3 Å². The van der Waals surface area contributed by atoms with Gasteiger partial charge in [0.05, 0.1) is 6.61 Å². The number of hydrogen-bond acceptors (Lipinski definition) is 4. The van der Waals surface area contributed by atoms with E-state index >= 15 is 0 Å². The molecule has 0 fully saturated rings. The highest BCUT2D eigenvalue weighted by atomic mass is 16.5. The lowest BCUT2D eigenvalue weighted by molar-refractivity contribution is -0.121. The van der Waals surface area contributed by atoms with Crippen molar-refractivity contribution in [1.29, 1.82) is 0 Å². The topological polar surface area (TPSA) is 73.6 Å². The van der Waals surface area contributed by atoms with Gasteiger partial charge in [0.1, 0.15) is 17.6 Å². The number of benzene rings is 1. The van der Waals surface area contributed by atoms with Crippen LogP contribution in [0.15, 0.2) is 12.1 Å². The fraction of sp³-hybridized carbons (Fsp3) is 0.533. The van der Waals surface area contributed by atoms with Crippen LogP contribution in [0.2, 0.25) is 0 Å². The average Bonchev–Trinajstić information content (AvgIpc) is 2.76. The van der Waals surface area contributed by atoms with Gasteiger partial charge in [-0.2, -0.15) is 0 Å². The second kappa shape index (κ2) is 6.61. The van der Waals surface area contributed by atoms with Crippen LogP contribution in [0.1, 0.15) is 31.4 Å². The number of nitrogens with two attached hydrogens (primary N) is 1. The van der Waals surface area contributed by atoms with E-state index in [9.17, 15) is 4.79 Å². The summed E-state index contributed by atoms with van der Waals surface area (Å²) < 4.78 is 11.4. The Morgan fingerprint density at radius 2 is 2.35 bits per heavy atom. The van der Waals surface area contributed by atoms with Crippen LogP contribution in [0.4, 0.5) is 0 Å². The van der Waals surface area contributed by atoms with Gasteiger partial charge in [-0.15, -0.1) is 0 Å². The summed E-state index contributed by atoms with van der Waals surface area (Å²) in [5.74, 6) is 1.66. The summed E-state index contributed by atoms with van der Waals surface area (Å²) in [6.07, 6.45) is 1.43. The fourth-order valence-corrected chi connectivity index (χ4v) is 2.32. The summed E-state index contributed by atoms with van der Waals surface area (Å²) in [5.41, 5.74) is 7.46. The van der Waals surface area contributed by atoms with Gasteiger partial charge < -0.3 is 20.5 Å². The molecule has 0 aliphatic carbocycles. The summed E-state index contributed by atoms with van der Waals surface area (Å²) in [6.45, 7) is 5.37. The van der Waals surface area contributed by atoms with Crippen molar-refractivity contribution in [3.8, 4) is 11.5 Å². The molecular formula is C15H22N2O3. The van der Waals surface area contributed by atoms with Crippen LogP contribution in [0, 0.1) is 0 Å². The second-order valence-electron chi connectivity index (χ2n) is 4.95. The summed E-state index contributed by atoms with van der Waals surface area (Å²) >= 11 is 0. The molecule has 0 saturated heterocycles. The van der Waals surface area contributed by atoms with Crippen LogP contribution in [0.3, 0.4) is 0 Å². The minimum Gasteiger partial charge on any atom is -0.494 e. The molecule has 20 heavy (non-hydrogen) atoms. The van der Waals surface area contributed by atoms with Crippen molar-refractivity contribution in [3.05, 3.63) is 23.3 Å². The Kier molecular flexibility index (Phi) is 4.84. The molecule has 0 aromatic heterocycles. The lowest BCUT2D eigenvalue weighted by atomic mass is 10.1. The van der Waals surface area contributed by atoms with Gasteiger partial charge in [-0.05, 0) is 26.0 Å². The SMILES string of the molecule is CCOc1cc2c(cc1CNC(=O)CCN)OC(C)C2. The molecule has 1 atom stereocenters. The van der Waals surface area contributed by atoms with Gasteiger partial charge in [-0.1, -0.05) is 0 Å². The Bertz CT molecular complexity index is 488. The number of rotatable bonds is 6. The third kappa shape index (κ3) is 3.42. The van der Waals surface area contributed by atoms with E-state index in [4.69, 9.17) is 15.2 Å². The first kappa shape index (κ1) is 14.7. The van der Waals surface area contributed by atoms with Crippen molar-refractivity contribution in [3.63, 3.8) is 0 Å². The smallest absolute Gasteiger partial charge is 0.221 e. The zero-order valence-electron chi connectivity index (χ0n) is 12.1. The van der Waals surface area contributed by atoms with E-state index in [0.717, 1.165) is 29.0 Å². The summed E-state index contributed by atoms with van der Waals surface area (Å²) in [4.78, 5) is 11.5. The van der Waals surface area contributed by atoms with Crippen LogP contribution in [0.25, 0.3) is 0 Å². The Morgan fingerprint density at radius 1 is 1.55 bits per heavy atom. The van der Waals surface area contributed by atoms with E-state index in [1.807, 2.05) is 26.0 Å². The van der Waals surface area contributed by atoms with Gasteiger partial charge in [0.2, 0.25) is 5.91 Å². The Hall–Kier alpha value is -1.75. The average molecular weight is 278 g/mol. The van der Waals surface area contributed by atoms with Crippen LogP contribution in [-0.4, -0.2) is 25.2 Å². The maximum Gasteiger partial charge on any atom is 0.221 e. The number of carbonyl (C=O) groups excluding carboxylic acids is 1. The maximum atomic E-state index is 11.5. The molecule has 0 spiro atoms. The first-order chi connectivity index (χ1) is 9.63. The molecule has 0 bridgehead atoms. The lowest BCUT2D eigenvalue weighted by Crippen LogP contribution is -2.25. The van der Waals surface area contributed by atoms with Gasteiger partial charge in [0.25, 0.3) is 0 Å². The van der Waals surface area contributed by atoms with Crippen molar-refractivity contribution in [2.45, 2.75) is 39.3 Å². The molecule has 3 N–H and O–H groups in total. The standard InChI is InChI=1S/C15H22N2O3/c1-3-19-13-7-11-6-10(2)20-14(11)8-12(13)9-17-15(18)4-5-16/h7-8,10H,3-6,9,16H2,1-2H3,(H,17,18). The number of fused-ring (bicyclic) bond motifs is 1. The van der Waals surface area contributed by atoms with E-state index in [0.29, 0.717) is 26.1 Å². The highest BCUT2D eigenvalue weighted by Crippen LogP contribution is 2.35. The quantitative estimate of drug-likeness (QED) is 0.824. The second-order valence-corrected chi connectivity index (χ2v) is 4.95. The third-order valence-electron chi connectivity index (χ3n) is 3.23. The molecule has 2 rings (SSSR count). The molecule has 5 heteroatoms. The predicted octanol–water partition coefficient (Wildman–Crippen LogP) is 1.37. The Balaban J connectivity index is 2.14. The Labute approximate surface area is 119 Å². The highest BCUT2D eigenvalue weighted by molar-refractivity contribution is 5.76. The highest BCUT2D eigenvalue weighted by Gasteiger charge is 2.21. The molecular weight excluding hydrogens is 256 g/mol. The van der Waals surface area contributed by atoms with Gasteiger partial charge in [0.15, 0.2) is 0 Å². The fourth-order valence-electron chi connectivity index (χ4n) is 2.32. The van der Waals surface area contributed by atoms with Crippen LogP contribution < -0.4 is 20.5 Å². The lowest BCUT2D eigenvalue weighted by Gasteiger charge is -2.13. The number of ether oxygens (including phenoxy) is 2. The maximum absolute atomic E-state index is 11.5. The minimum absolute atomic E-state index is 0.0512. The van der Waals surface area contributed by atoms with Crippen LogP contribution >= 0.6 is 0 Å². The zero-order chi connectivity index (χ0) is 14.5. The molecule has 1 aromatic carbocycles. The Morgan fingerprint density at radius 3 is 3.05 bits per heavy atom. The molecule has 5 nitrogen and oxygen atoms in total. The predicted molar refractivity (Wildman–Crippen MR) is 76.9 cm³/mol. The van der Waals surface area contributed by atoms with Gasteiger partial charge in [0, 0.05) is 37.1 Å². The van der Waals surface area contributed by atoms with E-state index in [2.05, 4.69) is 5.32 Å².